The summed E-state index contributed by atoms with van der Waals surface area (Å²) in [5, 5.41) is 8.73. The third kappa shape index (κ3) is 3.57. The van der Waals surface area contributed by atoms with Crippen molar-refractivity contribution >= 4 is 28.5 Å². The van der Waals surface area contributed by atoms with Gasteiger partial charge in [0, 0.05) is 4.90 Å². The Morgan fingerprint density at radius 2 is 1.75 bits per heavy atom. The average Bonchev–Trinajstić information content (AvgIpc) is 2.48. The van der Waals surface area contributed by atoms with Crippen molar-refractivity contribution in [2.24, 2.45) is 0 Å². The van der Waals surface area contributed by atoms with Gasteiger partial charge in [0.1, 0.15) is 4.36 Å². The highest BCUT2D eigenvalue weighted by molar-refractivity contribution is 7.91. The molecule has 0 spiro atoms. The van der Waals surface area contributed by atoms with Crippen molar-refractivity contribution in [2.45, 2.75) is 11.8 Å². The first kappa shape index (κ1) is 14.5. The standard InChI is InChI=1S/C16H12ClNOS/c1-12-2-8-15(9-3-12)20(19)16(17)10-13-4-6-14(11-18)7-5-13/h2-10H,1H3/b16-10-. The Bertz CT molecular complexity index is 697. The molecular weight excluding hydrogens is 290 g/mol. The Labute approximate surface area is 125 Å². The molecule has 0 fully saturated rings. The molecule has 2 nitrogen and oxygen atoms in total. The number of rotatable bonds is 3. The van der Waals surface area contributed by atoms with Crippen LogP contribution in [0.1, 0.15) is 16.7 Å². The van der Waals surface area contributed by atoms with Crippen LogP contribution in [0.25, 0.3) is 6.08 Å². The minimum atomic E-state index is -1.38. The zero-order chi connectivity index (χ0) is 14.5. The highest BCUT2D eigenvalue weighted by Gasteiger charge is 2.08. The van der Waals surface area contributed by atoms with Gasteiger partial charge in [0.2, 0.25) is 0 Å². The molecule has 0 saturated heterocycles. The predicted octanol–water partition coefficient (Wildman–Crippen LogP) is 4.21. The third-order valence-corrected chi connectivity index (χ3v) is 4.43. The van der Waals surface area contributed by atoms with E-state index in [0.717, 1.165) is 11.1 Å². The van der Waals surface area contributed by atoms with E-state index in [-0.39, 0.29) is 4.36 Å². The van der Waals surface area contributed by atoms with Crippen LogP contribution in [0.5, 0.6) is 0 Å². The molecule has 0 aromatic heterocycles. The van der Waals surface area contributed by atoms with Crippen LogP contribution in [0.4, 0.5) is 0 Å². The van der Waals surface area contributed by atoms with Gasteiger partial charge in [-0.05, 0) is 42.8 Å². The van der Waals surface area contributed by atoms with Gasteiger partial charge in [0.25, 0.3) is 0 Å². The molecule has 0 amide bonds. The molecule has 1 unspecified atom stereocenters. The summed E-state index contributed by atoms with van der Waals surface area (Å²) in [7, 11) is -1.38. The lowest BCUT2D eigenvalue weighted by atomic mass is 10.1. The van der Waals surface area contributed by atoms with Crippen LogP contribution in [0.2, 0.25) is 0 Å². The molecule has 20 heavy (non-hydrogen) atoms. The summed E-state index contributed by atoms with van der Waals surface area (Å²) in [5.41, 5.74) is 2.50. The third-order valence-electron chi connectivity index (χ3n) is 2.73. The number of hydrogen-bond donors (Lipinski definition) is 0. The van der Waals surface area contributed by atoms with Gasteiger partial charge in [-0.15, -0.1) is 0 Å². The fourth-order valence-electron chi connectivity index (χ4n) is 1.61. The SMILES string of the molecule is Cc1ccc(S(=O)/C(Cl)=C\c2ccc(C#N)cc2)cc1. The summed E-state index contributed by atoms with van der Waals surface area (Å²) in [6, 6.07) is 16.4. The molecule has 1 atom stereocenters. The van der Waals surface area contributed by atoms with Gasteiger partial charge in [0.05, 0.1) is 22.4 Å². The zero-order valence-corrected chi connectivity index (χ0v) is 12.4. The fraction of sp³-hybridized carbons (Fsp3) is 0.0625. The van der Waals surface area contributed by atoms with E-state index < -0.39 is 10.8 Å². The van der Waals surface area contributed by atoms with Crippen LogP contribution in [0, 0.1) is 18.3 Å². The van der Waals surface area contributed by atoms with Gasteiger partial charge in [0.15, 0.2) is 0 Å². The second-order valence-corrected chi connectivity index (χ2v) is 6.34. The van der Waals surface area contributed by atoms with Gasteiger partial charge in [-0.2, -0.15) is 5.26 Å². The highest BCUT2D eigenvalue weighted by Crippen LogP contribution is 2.21. The van der Waals surface area contributed by atoms with Crippen molar-refractivity contribution in [3.8, 4) is 6.07 Å². The van der Waals surface area contributed by atoms with Gasteiger partial charge >= 0.3 is 0 Å². The molecule has 4 heteroatoms. The van der Waals surface area contributed by atoms with E-state index in [2.05, 4.69) is 0 Å². The lowest BCUT2D eigenvalue weighted by Crippen LogP contribution is -1.91. The Morgan fingerprint density at radius 3 is 2.30 bits per heavy atom. The lowest BCUT2D eigenvalue weighted by Gasteiger charge is -2.02. The molecule has 2 aromatic rings. The normalized spacial score (nSPS) is 12.8. The number of nitriles is 1. The molecule has 2 aromatic carbocycles. The summed E-state index contributed by atoms with van der Waals surface area (Å²) in [5.74, 6) is 0. The second kappa shape index (κ2) is 6.51. The van der Waals surface area contributed by atoms with Crippen LogP contribution in [-0.2, 0) is 10.8 Å². The molecule has 0 saturated carbocycles. The van der Waals surface area contributed by atoms with E-state index in [1.807, 2.05) is 25.1 Å². The summed E-state index contributed by atoms with van der Waals surface area (Å²) < 4.78 is 12.5. The maximum atomic E-state index is 12.2. The van der Waals surface area contributed by atoms with Crippen molar-refractivity contribution in [2.75, 3.05) is 0 Å². The fourth-order valence-corrected chi connectivity index (χ4v) is 2.86. The van der Waals surface area contributed by atoms with Crippen LogP contribution < -0.4 is 0 Å². The van der Waals surface area contributed by atoms with Crippen LogP contribution in [-0.4, -0.2) is 4.21 Å². The lowest BCUT2D eigenvalue weighted by molar-refractivity contribution is 0.688. The predicted molar refractivity (Wildman–Crippen MR) is 82.6 cm³/mol. The van der Waals surface area contributed by atoms with Crippen molar-refractivity contribution in [3.63, 3.8) is 0 Å². The maximum Gasteiger partial charge on any atom is 0.110 e. The molecular formula is C16H12ClNOS. The Kier molecular flexibility index (Phi) is 4.73. The van der Waals surface area contributed by atoms with Crippen LogP contribution >= 0.6 is 11.6 Å². The largest absolute Gasteiger partial charge is 0.248 e. The number of hydrogen-bond acceptors (Lipinski definition) is 2. The van der Waals surface area contributed by atoms with Crippen molar-refractivity contribution < 1.29 is 4.21 Å². The molecule has 100 valence electrons. The quantitative estimate of drug-likeness (QED) is 0.852. The van der Waals surface area contributed by atoms with E-state index in [1.165, 1.54) is 0 Å². The Morgan fingerprint density at radius 1 is 1.15 bits per heavy atom. The van der Waals surface area contributed by atoms with Crippen LogP contribution in [0.3, 0.4) is 0 Å². The van der Waals surface area contributed by atoms with E-state index >= 15 is 0 Å². The second-order valence-electron chi connectivity index (χ2n) is 4.26. The minimum Gasteiger partial charge on any atom is -0.248 e. The Hall–Kier alpha value is -1.89. The van der Waals surface area contributed by atoms with Crippen LogP contribution in [0.15, 0.2) is 57.8 Å². The molecule has 0 aliphatic carbocycles. The van der Waals surface area contributed by atoms with E-state index in [4.69, 9.17) is 16.9 Å². The van der Waals surface area contributed by atoms with Crippen molar-refractivity contribution in [1.82, 2.24) is 0 Å². The van der Waals surface area contributed by atoms with Gasteiger partial charge in [-0.3, -0.25) is 0 Å². The zero-order valence-electron chi connectivity index (χ0n) is 10.8. The van der Waals surface area contributed by atoms with Gasteiger partial charge in [-0.25, -0.2) is 4.21 Å². The maximum absolute atomic E-state index is 12.2. The summed E-state index contributed by atoms with van der Waals surface area (Å²) >= 11 is 6.11. The molecule has 2 rings (SSSR count). The first-order valence-corrected chi connectivity index (χ1v) is 7.49. The van der Waals surface area contributed by atoms with Gasteiger partial charge in [-0.1, -0.05) is 41.4 Å². The molecule has 0 radical (unpaired) electrons. The first-order valence-electron chi connectivity index (χ1n) is 5.96. The number of aryl methyl sites for hydroxylation is 1. The van der Waals surface area contributed by atoms with E-state index in [0.29, 0.717) is 10.5 Å². The Balaban J connectivity index is 2.23. The summed E-state index contributed by atoms with van der Waals surface area (Å²) in [6.45, 7) is 1.97. The van der Waals surface area contributed by atoms with Crippen molar-refractivity contribution in [1.29, 1.82) is 5.26 Å². The van der Waals surface area contributed by atoms with Gasteiger partial charge < -0.3 is 0 Å². The van der Waals surface area contributed by atoms with Crippen molar-refractivity contribution in [3.05, 3.63) is 69.6 Å². The van der Waals surface area contributed by atoms with E-state index in [1.54, 1.807) is 42.5 Å². The molecule has 0 aliphatic heterocycles. The summed E-state index contributed by atoms with van der Waals surface area (Å²) in [6.07, 6.45) is 1.65. The first-order chi connectivity index (χ1) is 9.60. The molecule has 0 heterocycles. The van der Waals surface area contributed by atoms with E-state index in [9.17, 15) is 4.21 Å². The molecule has 0 N–H and O–H groups in total. The number of nitrogens with zero attached hydrogens (tertiary/aromatic N) is 1. The minimum absolute atomic E-state index is 0.263. The monoisotopic (exact) mass is 301 g/mol. The summed E-state index contributed by atoms with van der Waals surface area (Å²) in [4.78, 5) is 0.672. The molecule has 0 bridgehead atoms. The topological polar surface area (TPSA) is 40.9 Å². The number of halogens is 1. The highest BCUT2D eigenvalue weighted by atomic mass is 35.5. The average molecular weight is 302 g/mol. The molecule has 0 aliphatic rings. The smallest absolute Gasteiger partial charge is 0.110 e. The number of benzene rings is 2.